The van der Waals surface area contributed by atoms with Crippen molar-refractivity contribution in [1.29, 1.82) is 0 Å². The van der Waals surface area contributed by atoms with Crippen LogP contribution < -0.4 is 5.32 Å². The standard InChI is InChI=1S/C16H23ClN4OS/c1-3-12-6-11(16-10(4-5-22)8-15(17)23-16)7-13(18-12)14-9-21(2)20-19-14/h8-9,11-13,18,22H,3-7H2,1-2H3. The van der Waals surface area contributed by atoms with Gasteiger partial charge in [0.2, 0.25) is 0 Å². The normalized spacial score (nSPS) is 25.0. The molecule has 1 aliphatic heterocycles. The first kappa shape index (κ1) is 16.9. The number of aryl methyl sites for hydroxylation is 1. The highest BCUT2D eigenvalue weighted by Gasteiger charge is 2.32. The zero-order chi connectivity index (χ0) is 16.4. The van der Waals surface area contributed by atoms with E-state index >= 15 is 0 Å². The molecule has 3 heterocycles. The minimum absolute atomic E-state index is 0.163. The smallest absolute Gasteiger partial charge is 0.0996 e. The molecule has 3 atom stereocenters. The van der Waals surface area contributed by atoms with Gasteiger partial charge in [0, 0.05) is 30.8 Å². The molecule has 0 saturated carbocycles. The first-order valence-electron chi connectivity index (χ1n) is 8.12. The summed E-state index contributed by atoms with van der Waals surface area (Å²) in [6.45, 7) is 2.37. The highest BCUT2D eigenvalue weighted by molar-refractivity contribution is 7.16. The van der Waals surface area contributed by atoms with Gasteiger partial charge in [-0.3, -0.25) is 4.68 Å². The highest BCUT2D eigenvalue weighted by atomic mass is 35.5. The van der Waals surface area contributed by atoms with Crippen molar-refractivity contribution in [3.8, 4) is 0 Å². The fourth-order valence-electron chi connectivity index (χ4n) is 3.44. The molecule has 0 aliphatic carbocycles. The molecule has 1 saturated heterocycles. The second-order valence-electron chi connectivity index (χ2n) is 6.22. The van der Waals surface area contributed by atoms with Gasteiger partial charge in [0.25, 0.3) is 0 Å². The number of hydrogen-bond acceptors (Lipinski definition) is 5. The van der Waals surface area contributed by atoms with E-state index in [0.29, 0.717) is 18.4 Å². The lowest BCUT2D eigenvalue weighted by Crippen LogP contribution is -2.39. The molecule has 2 N–H and O–H groups in total. The summed E-state index contributed by atoms with van der Waals surface area (Å²) >= 11 is 7.90. The third kappa shape index (κ3) is 3.76. The van der Waals surface area contributed by atoms with E-state index in [0.717, 1.165) is 29.3 Å². The predicted octanol–water partition coefficient (Wildman–Crippen LogP) is 3.05. The van der Waals surface area contributed by atoms with Crippen LogP contribution in [0, 0.1) is 0 Å². The Morgan fingerprint density at radius 2 is 2.30 bits per heavy atom. The van der Waals surface area contributed by atoms with E-state index in [9.17, 15) is 5.11 Å². The second-order valence-corrected chi connectivity index (χ2v) is 7.94. The second kappa shape index (κ2) is 7.30. The number of halogens is 1. The maximum absolute atomic E-state index is 9.31. The van der Waals surface area contributed by atoms with Gasteiger partial charge in [-0.25, -0.2) is 0 Å². The van der Waals surface area contributed by atoms with Gasteiger partial charge in [0.15, 0.2) is 0 Å². The monoisotopic (exact) mass is 354 g/mol. The number of nitrogens with one attached hydrogen (secondary N) is 1. The zero-order valence-corrected chi connectivity index (χ0v) is 15.1. The molecule has 2 aromatic rings. The molecule has 1 aliphatic rings. The zero-order valence-electron chi connectivity index (χ0n) is 13.5. The molecule has 3 rings (SSSR count). The van der Waals surface area contributed by atoms with Crippen molar-refractivity contribution in [1.82, 2.24) is 20.3 Å². The van der Waals surface area contributed by atoms with Gasteiger partial charge in [0.05, 0.1) is 16.1 Å². The van der Waals surface area contributed by atoms with Gasteiger partial charge in [-0.05, 0) is 43.2 Å². The van der Waals surface area contributed by atoms with E-state index in [1.165, 1.54) is 10.4 Å². The van der Waals surface area contributed by atoms with Crippen molar-refractivity contribution < 1.29 is 5.11 Å². The SMILES string of the molecule is CCC1CC(c2sc(Cl)cc2CCO)CC(c2cn(C)nn2)N1. The van der Waals surface area contributed by atoms with Crippen LogP contribution >= 0.6 is 22.9 Å². The summed E-state index contributed by atoms with van der Waals surface area (Å²) in [6.07, 6.45) is 5.84. The third-order valence-electron chi connectivity index (χ3n) is 4.56. The summed E-state index contributed by atoms with van der Waals surface area (Å²) in [6, 6.07) is 2.69. The van der Waals surface area contributed by atoms with Crippen LogP contribution in [-0.4, -0.2) is 32.7 Å². The van der Waals surface area contributed by atoms with E-state index in [-0.39, 0.29) is 12.6 Å². The Kier molecular flexibility index (Phi) is 5.36. The summed E-state index contributed by atoms with van der Waals surface area (Å²) in [4.78, 5) is 1.33. The molecule has 0 bridgehead atoms. The van der Waals surface area contributed by atoms with Crippen molar-refractivity contribution in [2.24, 2.45) is 7.05 Å². The van der Waals surface area contributed by atoms with Gasteiger partial charge in [-0.2, -0.15) is 0 Å². The maximum atomic E-state index is 9.31. The van der Waals surface area contributed by atoms with Gasteiger partial charge >= 0.3 is 0 Å². The Morgan fingerprint density at radius 1 is 1.48 bits per heavy atom. The van der Waals surface area contributed by atoms with Crippen molar-refractivity contribution in [3.05, 3.63) is 32.7 Å². The van der Waals surface area contributed by atoms with Crippen molar-refractivity contribution >= 4 is 22.9 Å². The first-order valence-corrected chi connectivity index (χ1v) is 9.31. The van der Waals surface area contributed by atoms with Crippen molar-refractivity contribution in [2.75, 3.05) is 6.61 Å². The number of thiophene rings is 1. The van der Waals surface area contributed by atoms with E-state index < -0.39 is 0 Å². The quantitative estimate of drug-likeness (QED) is 0.866. The van der Waals surface area contributed by atoms with Crippen LogP contribution in [0.15, 0.2) is 12.3 Å². The number of aromatic nitrogens is 3. The van der Waals surface area contributed by atoms with E-state index in [2.05, 4.69) is 22.6 Å². The summed E-state index contributed by atoms with van der Waals surface area (Å²) < 4.78 is 2.56. The van der Waals surface area contributed by atoms with Crippen molar-refractivity contribution in [3.63, 3.8) is 0 Å². The highest BCUT2D eigenvalue weighted by Crippen LogP contribution is 2.42. The lowest BCUT2D eigenvalue weighted by Gasteiger charge is -2.35. The van der Waals surface area contributed by atoms with Crippen LogP contribution in [0.1, 0.15) is 54.3 Å². The van der Waals surface area contributed by atoms with Crippen LogP contribution in [0.2, 0.25) is 4.34 Å². The summed E-state index contributed by atoms with van der Waals surface area (Å²) in [7, 11) is 1.90. The fraction of sp³-hybridized carbons (Fsp3) is 0.625. The summed E-state index contributed by atoms with van der Waals surface area (Å²) in [5.74, 6) is 0.451. The Morgan fingerprint density at radius 3 is 2.96 bits per heavy atom. The van der Waals surface area contributed by atoms with Gasteiger partial charge < -0.3 is 10.4 Å². The number of nitrogens with zero attached hydrogens (tertiary/aromatic N) is 3. The lowest BCUT2D eigenvalue weighted by molar-refractivity contribution is 0.281. The number of aliphatic hydroxyl groups is 1. The Balaban J connectivity index is 1.86. The molecular weight excluding hydrogens is 332 g/mol. The average molecular weight is 355 g/mol. The molecule has 126 valence electrons. The van der Waals surface area contributed by atoms with Gasteiger partial charge in [-0.1, -0.05) is 23.7 Å². The lowest BCUT2D eigenvalue weighted by atomic mass is 9.83. The third-order valence-corrected chi connectivity index (χ3v) is 6.03. The Labute approximate surface area is 145 Å². The molecular formula is C16H23ClN4OS. The molecule has 0 amide bonds. The van der Waals surface area contributed by atoms with Crippen LogP contribution in [0.5, 0.6) is 0 Å². The maximum Gasteiger partial charge on any atom is 0.0996 e. The molecule has 1 fully saturated rings. The van der Waals surface area contributed by atoms with Crippen LogP contribution in [0.25, 0.3) is 0 Å². The number of aliphatic hydroxyl groups excluding tert-OH is 1. The van der Waals surface area contributed by atoms with Crippen molar-refractivity contribution in [2.45, 2.75) is 50.6 Å². The largest absolute Gasteiger partial charge is 0.396 e. The molecule has 0 radical (unpaired) electrons. The summed E-state index contributed by atoms with van der Waals surface area (Å²) in [5, 5.41) is 21.4. The molecule has 3 unspecified atom stereocenters. The molecule has 23 heavy (non-hydrogen) atoms. The fourth-order valence-corrected chi connectivity index (χ4v) is 4.89. The molecule has 5 nitrogen and oxygen atoms in total. The van der Waals surface area contributed by atoms with Gasteiger partial charge in [-0.15, -0.1) is 16.4 Å². The van der Waals surface area contributed by atoms with Crippen LogP contribution in [0.3, 0.4) is 0 Å². The summed E-state index contributed by atoms with van der Waals surface area (Å²) in [5.41, 5.74) is 2.20. The first-order chi connectivity index (χ1) is 11.1. The van der Waals surface area contributed by atoms with Crippen LogP contribution in [-0.2, 0) is 13.5 Å². The topological polar surface area (TPSA) is 63.0 Å². The number of hydrogen-bond donors (Lipinski definition) is 2. The number of piperidine rings is 1. The molecule has 0 aromatic carbocycles. The Bertz CT molecular complexity index is 656. The van der Waals surface area contributed by atoms with E-state index in [1.54, 1.807) is 16.0 Å². The molecule has 0 spiro atoms. The van der Waals surface area contributed by atoms with E-state index in [1.807, 2.05) is 19.3 Å². The minimum Gasteiger partial charge on any atom is -0.396 e. The predicted molar refractivity (Wildman–Crippen MR) is 93.1 cm³/mol. The average Bonchev–Trinajstić information content (AvgIpc) is 3.13. The van der Waals surface area contributed by atoms with Crippen LogP contribution in [0.4, 0.5) is 0 Å². The molecule has 7 heteroatoms. The number of rotatable bonds is 5. The van der Waals surface area contributed by atoms with Gasteiger partial charge in [0.1, 0.15) is 0 Å². The molecule has 2 aromatic heterocycles. The minimum atomic E-state index is 0.163. The van der Waals surface area contributed by atoms with E-state index in [4.69, 9.17) is 11.6 Å². The Hall–Kier alpha value is -0.950.